The van der Waals surface area contributed by atoms with Gasteiger partial charge in [0.1, 0.15) is 5.82 Å². The van der Waals surface area contributed by atoms with Gasteiger partial charge in [0.25, 0.3) is 0 Å². The van der Waals surface area contributed by atoms with Crippen molar-refractivity contribution < 1.29 is 22.3 Å². The van der Waals surface area contributed by atoms with Gasteiger partial charge in [-0.1, -0.05) is 74.0 Å². The minimum atomic E-state index is -3.09. The van der Waals surface area contributed by atoms with Crippen LogP contribution in [0.4, 0.5) is 17.6 Å². The average Bonchev–Trinajstić information content (AvgIpc) is 2.76. The van der Waals surface area contributed by atoms with Crippen LogP contribution in [0.25, 0.3) is 33.0 Å². The van der Waals surface area contributed by atoms with Crippen molar-refractivity contribution in [2.24, 2.45) is 0 Å². The maximum Gasteiger partial charge on any atom is 0.387 e. The van der Waals surface area contributed by atoms with Gasteiger partial charge < -0.3 is 4.74 Å². The summed E-state index contributed by atoms with van der Waals surface area (Å²) >= 11 is 0. The van der Waals surface area contributed by atoms with E-state index in [0.29, 0.717) is 27.6 Å². The first-order valence-corrected chi connectivity index (χ1v) is 10.0. The second-order valence-corrected chi connectivity index (χ2v) is 7.33. The first-order valence-electron chi connectivity index (χ1n) is 10.0. The van der Waals surface area contributed by atoms with Crippen LogP contribution < -0.4 is 4.74 Å². The highest BCUT2D eigenvalue weighted by atomic mass is 19.3. The number of alkyl halides is 2. The maximum atomic E-state index is 15.2. The van der Waals surface area contributed by atoms with Crippen LogP contribution in [-0.2, 0) is 6.42 Å². The molecule has 0 aliphatic heterocycles. The molecule has 4 rings (SSSR count). The third-order valence-corrected chi connectivity index (χ3v) is 5.23. The van der Waals surface area contributed by atoms with E-state index in [1.165, 1.54) is 17.7 Å². The number of hydrogen-bond donors (Lipinski definition) is 0. The molecule has 31 heavy (non-hydrogen) atoms. The molecule has 0 aromatic heterocycles. The Bertz CT molecular complexity index is 1220. The lowest BCUT2D eigenvalue weighted by Crippen LogP contribution is -2.03. The predicted molar refractivity (Wildman–Crippen MR) is 115 cm³/mol. The van der Waals surface area contributed by atoms with Gasteiger partial charge in [-0.15, -0.1) is 0 Å². The van der Waals surface area contributed by atoms with E-state index in [-0.39, 0.29) is 5.82 Å². The van der Waals surface area contributed by atoms with Crippen LogP contribution in [0.5, 0.6) is 5.75 Å². The molecule has 0 radical (unpaired) electrons. The van der Waals surface area contributed by atoms with Crippen LogP contribution in [0.2, 0.25) is 0 Å². The van der Waals surface area contributed by atoms with E-state index < -0.39 is 18.2 Å². The SMILES string of the molecule is CCCc1ccc2c(F)c(-c3ccc(-c4ccc(OC(F)F)c(F)c4)cc3)ccc2c1. The first-order chi connectivity index (χ1) is 15.0. The van der Waals surface area contributed by atoms with Gasteiger partial charge in [-0.2, -0.15) is 8.78 Å². The number of benzene rings is 4. The monoisotopic (exact) mass is 424 g/mol. The predicted octanol–water partition coefficient (Wildman–Crippen LogP) is 8.01. The van der Waals surface area contributed by atoms with Crippen molar-refractivity contribution >= 4 is 10.8 Å². The van der Waals surface area contributed by atoms with Gasteiger partial charge >= 0.3 is 6.61 Å². The lowest BCUT2D eigenvalue weighted by atomic mass is 9.96. The number of fused-ring (bicyclic) bond motifs is 1. The van der Waals surface area contributed by atoms with E-state index >= 15 is 4.39 Å². The molecule has 158 valence electrons. The lowest BCUT2D eigenvalue weighted by Gasteiger charge is -2.10. The molecule has 0 atom stereocenters. The quantitative estimate of drug-likeness (QED) is 0.285. The van der Waals surface area contributed by atoms with E-state index in [9.17, 15) is 13.2 Å². The Labute approximate surface area is 177 Å². The molecule has 0 aliphatic carbocycles. The van der Waals surface area contributed by atoms with Crippen molar-refractivity contribution in [2.75, 3.05) is 0 Å². The van der Waals surface area contributed by atoms with Crippen LogP contribution in [0.1, 0.15) is 18.9 Å². The highest BCUT2D eigenvalue weighted by Gasteiger charge is 2.13. The zero-order chi connectivity index (χ0) is 22.0. The van der Waals surface area contributed by atoms with E-state index in [1.807, 2.05) is 24.3 Å². The summed E-state index contributed by atoms with van der Waals surface area (Å²) in [5.41, 5.74) is 3.54. The Morgan fingerprint density at radius 3 is 2.16 bits per heavy atom. The Morgan fingerprint density at radius 1 is 0.774 bits per heavy atom. The number of aryl methyl sites for hydroxylation is 1. The van der Waals surface area contributed by atoms with Crippen molar-refractivity contribution in [1.82, 2.24) is 0 Å². The van der Waals surface area contributed by atoms with E-state index in [1.54, 1.807) is 30.3 Å². The Morgan fingerprint density at radius 2 is 1.48 bits per heavy atom. The molecule has 0 saturated carbocycles. The molecule has 0 amide bonds. The van der Waals surface area contributed by atoms with Crippen molar-refractivity contribution in [2.45, 2.75) is 26.4 Å². The number of ether oxygens (including phenoxy) is 1. The van der Waals surface area contributed by atoms with Gasteiger partial charge in [-0.3, -0.25) is 0 Å². The van der Waals surface area contributed by atoms with E-state index in [0.717, 1.165) is 24.3 Å². The Kier molecular flexibility index (Phi) is 5.94. The van der Waals surface area contributed by atoms with Crippen molar-refractivity contribution in [3.8, 4) is 28.0 Å². The highest BCUT2D eigenvalue weighted by Crippen LogP contribution is 2.32. The molecule has 5 heteroatoms. The van der Waals surface area contributed by atoms with E-state index in [4.69, 9.17) is 0 Å². The molecule has 0 saturated heterocycles. The van der Waals surface area contributed by atoms with Crippen LogP contribution in [0.3, 0.4) is 0 Å². The second-order valence-electron chi connectivity index (χ2n) is 7.33. The van der Waals surface area contributed by atoms with Crippen molar-refractivity contribution in [3.63, 3.8) is 0 Å². The molecule has 0 heterocycles. The molecule has 0 N–H and O–H groups in total. The normalized spacial score (nSPS) is 11.3. The van der Waals surface area contributed by atoms with Gasteiger partial charge in [0, 0.05) is 10.9 Å². The summed E-state index contributed by atoms with van der Waals surface area (Å²) in [6, 6.07) is 20.3. The third-order valence-electron chi connectivity index (χ3n) is 5.23. The fourth-order valence-electron chi connectivity index (χ4n) is 3.72. The van der Waals surface area contributed by atoms with Gasteiger partial charge in [0.2, 0.25) is 0 Å². The number of rotatable bonds is 6. The summed E-state index contributed by atoms with van der Waals surface area (Å²) in [6.45, 7) is -0.980. The first kappa shape index (κ1) is 20.9. The van der Waals surface area contributed by atoms with Gasteiger partial charge in [0.15, 0.2) is 11.6 Å². The summed E-state index contributed by atoms with van der Waals surface area (Å²) in [7, 11) is 0. The van der Waals surface area contributed by atoms with Crippen molar-refractivity contribution in [3.05, 3.63) is 90.0 Å². The molecule has 0 spiro atoms. The molecule has 1 nitrogen and oxygen atoms in total. The molecule has 0 aliphatic rings. The number of halogens is 4. The minimum absolute atomic E-state index is 0.284. The molecule has 4 aromatic rings. The molecule has 0 fully saturated rings. The van der Waals surface area contributed by atoms with Crippen LogP contribution in [0, 0.1) is 11.6 Å². The maximum absolute atomic E-state index is 15.2. The van der Waals surface area contributed by atoms with Crippen LogP contribution in [-0.4, -0.2) is 6.61 Å². The Hall–Kier alpha value is -3.34. The molecule has 0 unspecified atom stereocenters. The summed E-state index contributed by atoms with van der Waals surface area (Å²) < 4.78 is 57.9. The molecule has 0 bridgehead atoms. The largest absolute Gasteiger partial charge is 0.432 e. The smallest absolute Gasteiger partial charge is 0.387 e. The number of hydrogen-bond acceptors (Lipinski definition) is 1. The van der Waals surface area contributed by atoms with Gasteiger partial charge in [0.05, 0.1) is 0 Å². The van der Waals surface area contributed by atoms with E-state index in [2.05, 4.69) is 11.7 Å². The summed E-state index contributed by atoms with van der Waals surface area (Å²) in [4.78, 5) is 0. The zero-order valence-electron chi connectivity index (χ0n) is 16.8. The van der Waals surface area contributed by atoms with Gasteiger partial charge in [-0.05, 0) is 46.2 Å². The minimum Gasteiger partial charge on any atom is -0.432 e. The highest BCUT2D eigenvalue weighted by molar-refractivity contribution is 5.89. The molecule has 4 aromatic carbocycles. The lowest BCUT2D eigenvalue weighted by molar-refractivity contribution is -0.0521. The third kappa shape index (κ3) is 4.41. The second kappa shape index (κ2) is 8.80. The summed E-state index contributed by atoms with van der Waals surface area (Å²) in [6.07, 6.45) is 1.99. The fraction of sp³-hybridized carbons (Fsp3) is 0.154. The topological polar surface area (TPSA) is 9.23 Å². The standard InChI is InChI=1S/C26H20F4O/c1-2-3-16-4-11-22-20(14-16)9-12-21(25(22)28)18-7-5-17(6-8-18)19-10-13-24(23(27)15-19)31-26(29)30/h4-15,26H,2-3H2,1H3. The zero-order valence-corrected chi connectivity index (χ0v) is 16.8. The average molecular weight is 424 g/mol. The Balaban J connectivity index is 1.63. The fourth-order valence-corrected chi connectivity index (χ4v) is 3.72. The van der Waals surface area contributed by atoms with Crippen molar-refractivity contribution in [1.29, 1.82) is 0 Å². The molecular formula is C26H20F4O. The van der Waals surface area contributed by atoms with Gasteiger partial charge in [-0.25, -0.2) is 8.78 Å². The summed E-state index contributed by atoms with van der Waals surface area (Å²) in [5.74, 6) is -1.66. The molecular weight excluding hydrogens is 404 g/mol. The summed E-state index contributed by atoms with van der Waals surface area (Å²) in [5, 5.41) is 1.43. The van der Waals surface area contributed by atoms with Crippen LogP contribution >= 0.6 is 0 Å². The van der Waals surface area contributed by atoms with Crippen LogP contribution in [0.15, 0.2) is 72.8 Å².